The molecule has 29 heavy (non-hydrogen) atoms. The van der Waals surface area contributed by atoms with E-state index in [1.54, 1.807) is 0 Å². The molecular formula is C20H33N3O5S. The lowest BCUT2D eigenvalue weighted by Gasteiger charge is -2.25. The van der Waals surface area contributed by atoms with Gasteiger partial charge >= 0.3 is 6.09 Å². The van der Waals surface area contributed by atoms with Gasteiger partial charge < -0.3 is 15.4 Å². The van der Waals surface area contributed by atoms with Gasteiger partial charge in [-0.3, -0.25) is 9.69 Å². The third kappa shape index (κ3) is 10.8. The summed E-state index contributed by atoms with van der Waals surface area (Å²) < 4.78 is 28.1. The molecule has 9 heteroatoms. The van der Waals surface area contributed by atoms with Crippen LogP contribution in [0.15, 0.2) is 30.3 Å². The van der Waals surface area contributed by atoms with Crippen LogP contribution in [0.25, 0.3) is 0 Å². The zero-order valence-electron chi connectivity index (χ0n) is 17.7. The molecule has 8 nitrogen and oxygen atoms in total. The molecule has 0 heterocycles. The molecule has 1 aromatic rings. The quantitative estimate of drug-likeness (QED) is 0.525. The van der Waals surface area contributed by atoms with E-state index >= 15 is 0 Å². The first kappa shape index (κ1) is 24.9. The number of nitrogens with zero attached hydrogens (tertiary/aromatic N) is 1. The number of nitrogens with one attached hydrogen (secondary N) is 2. The Labute approximate surface area is 173 Å². The Morgan fingerprint density at radius 1 is 1.17 bits per heavy atom. The Hall–Kier alpha value is -2.13. The second kappa shape index (κ2) is 12.4. The highest BCUT2D eigenvalue weighted by atomic mass is 32.2. The number of alkyl carbamates (subject to hydrolysis) is 1. The Morgan fingerprint density at radius 3 is 2.38 bits per heavy atom. The summed E-state index contributed by atoms with van der Waals surface area (Å²) in [5.74, 6) is -0.637. The smallest absolute Gasteiger partial charge is 0.408 e. The zero-order valence-corrected chi connectivity index (χ0v) is 18.5. The Bertz CT molecular complexity index is 738. The fourth-order valence-corrected chi connectivity index (χ4v) is 3.40. The number of hydrogen-bond donors (Lipinski definition) is 2. The van der Waals surface area contributed by atoms with Crippen molar-refractivity contribution < 1.29 is 22.7 Å². The van der Waals surface area contributed by atoms with Gasteiger partial charge in [0.05, 0.1) is 5.75 Å². The summed E-state index contributed by atoms with van der Waals surface area (Å²) in [5, 5.41) is 5.26. The fraction of sp³-hybridized carbons (Fsp3) is 0.600. The van der Waals surface area contributed by atoms with Gasteiger partial charge in [-0.1, -0.05) is 37.3 Å². The van der Waals surface area contributed by atoms with Crippen molar-refractivity contribution in [3.05, 3.63) is 35.9 Å². The minimum atomic E-state index is -3.27. The van der Waals surface area contributed by atoms with Crippen LogP contribution in [0, 0.1) is 0 Å². The van der Waals surface area contributed by atoms with Crippen molar-refractivity contribution in [3.63, 3.8) is 0 Å². The third-order valence-corrected chi connectivity index (χ3v) is 5.41. The number of benzene rings is 1. The minimum Gasteiger partial charge on any atom is -0.445 e. The molecule has 0 aliphatic carbocycles. The van der Waals surface area contributed by atoms with Crippen LogP contribution in [-0.2, 0) is 26.0 Å². The van der Waals surface area contributed by atoms with E-state index in [0.717, 1.165) is 18.4 Å². The van der Waals surface area contributed by atoms with Gasteiger partial charge in [0.1, 0.15) is 22.5 Å². The average Bonchev–Trinajstić information content (AvgIpc) is 2.66. The maximum absolute atomic E-state index is 12.5. The molecule has 1 unspecified atom stereocenters. The molecular weight excluding hydrogens is 394 g/mol. The van der Waals surface area contributed by atoms with E-state index in [4.69, 9.17) is 4.74 Å². The highest BCUT2D eigenvalue weighted by Gasteiger charge is 2.23. The van der Waals surface area contributed by atoms with E-state index in [1.165, 1.54) is 0 Å². The molecule has 0 spiro atoms. The van der Waals surface area contributed by atoms with E-state index < -0.39 is 27.9 Å². The topological polar surface area (TPSA) is 105 Å². The summed E-state index contributed by atoms with van der Waals surface area (Å²) in [6.45, 7) is 8.18. The van der Waals surface area contributed by atoms with E-state index in [0.29, 0.717) is 19.1 Å². The zero-order chi connectivity index (χ0) is 21.9. The van der Waals surface area contributed by atoms with Crippen molar-refractivity contribution in [1.29, 1.82) is 0 Å². The lowest BCUT2D eigenvalue weighted by molar-refractivity contribution is -0.123. The van der Waals surface area contributed by atoms with Crippen molar-refractivity contribution in [1.82, 2.24) is 15.5 Å². The number of hydrogen-bond acceptors (Lipinski definition) is 6. The number of rotatable bonds is 12. The van der Waals surface area contributed by atoms with Crippen LogP contribution in [0.3, 0.4) is 0 Å². The number of carbonyl (C=O) groups excluding carboxylic acids is 2. The number of carbonyl (C=O) groups is 2. The lowest BCUT2D eigenvalue weighted by Crippen LogP contribution is -2.49. The van der Waals surface area contributed by atoms with Gasteiger partial charge in [0.15, 0.2) is 0 Å². The first-order chi connectivity index (χ1) is 13.6. The molecule has 0 saturated carbocycles. The highest BCUT2D eigenvalue weighted by molar-refractivity contribution is 7.90. The van der Waals surface area contributed by atoms with Gasteiger partial charge in [-0.15, -0.1) is 0 Å². The standard InChI is InChI=1S/C20H33N3O5S/c1-5-23(16(2)3)13-12-21-19(24)18(11-14-29(4,26)27)22-20(25)28-15-17-9-7-6-8-10-17/h6-10,16,18H,5,11-15H2,1-4H3,(H,21,24)(H,22,25). The van der Waals surface area contributed by atoms with Crippen LogP contribution < -0.4 is 10.6 Å². The number of amides is 2. The molecule has 2 amide bonds. The summed E-state index contributed by atoms with van der Waals surface area (Å²) in [4.78, 5) is 26.8. The van der Waals surface area contributed by atoms with Gasteiger partial charge in [0, 0.05) is 25.4 Å². The number of sulfone groups is 1. The van der Waals surface area contributed by atoms with Crippen molar-refractivity contribution in [2.24, 2.45) is 0 Å². The first-order valence-electron chi connectivity index (χ1n) is 9.79. The molecule has 0 bridgehead atoms. The lowest BCUT2D eigenvalue weighted by atomic mass is 10.2. The highest BCUT2D eigenvalue weighted by Crippen LogP contribution is 2.03. The van der Waals surface area contributed by atoms with Crippen molar-refractivity contribution in [3.8, 4) is 0 Å². The van der Waals surface area contributed by atoms with Crippen LogP contribution in [0.5, 0.6) is 0 Å². The summed E-state index contributed by atoms with van der Waals surface area (Å²) in [6, 6.07) is 8.51. The minimum absolute atomic E-state index is 0.0211. The molecule has 1 atom stereocenters. The van der Waals surface area contributed by atoms with Crippen LogP contribution in [0.1, 0.15) is 32.8 Å². The summed E-state index contributed by atoms with van der Waals surface area (Å²) in [7, 11) is -3.27. The normalized spacial score (nSPS) is 12.6. The van der Waals surface area contributed by atoms with E-state index in [9.17, 15) is 18.0 Å². The molecule has 1 rings (SSSR count). The molecule has 0 aliphatic heterocycles. The van der Waals surface area contributed by atoms with E-state index in [-0.39, 0.29) is 18.8 Å². The van der Waals surface area contributed by atoms with Crippen LogP contribution in [0.4, 0.5) is 4.79 Å². The summed E-state index contributed by atoms with van der Waals surface area (Å²) >= 11 is 0. The summed E-state index contributed by atoms with van der Waals surface area (Å²) in [6.07, 6.45) is 0.310. The number of likely N-dealkylation sites (N-methyl/N-ethyl adjacent to an activating group) is 1. The molecule has 0 aromatic heterocycles. The predicted octanol–water partition coefficient (Wildman–Crippen LogP) is 1.56. The van der Waals surface area contributed by atoms with Gasteiger partial charge in [0.25, 0.3) is 0 Å². The Morgan fingerprint density at radius 2 is 1.83 bits per heavy atom. The number of ether oxygens (including phenoxy) is 1. The van der Waals surface area contributed by atoms with Gasteiger partial charge in [-0.25, -0.2) is 13.2 Å². The first-order valence-corrected chi connectivity index (χ1v) is 11.8. The Kier molecular flexibility index (Phi) is 10.7. The average molecular weight is 428 g/mol. The second-order valence-electron chi connectivity index (χ2n) is 7.19. The molecule has 2 N–H and O–H groups in total. The second-order valence-corrected chi connectivity index (χ2v) is 9.45. The largest absolute Gasteiger partial charge is 0.445 e. The van der Waals surface area contributed by atoms with Crippen molar-refractivity contribution >= 4 is 21.8 Å². The fourth-order valence-electron chi connectivity index (χ4n) is 2.74. The molecule has 1 aromatic carbocycles. The monoisotopic (exact) mass is 427 g/mol. The van der Waals surface area contributed by atoms with Gasteiger partial charge in [-0.05, 0) is 32.4 Å². The van der Waals surface area contributed by atoms with Crippen molar-refractivity contribution in [2.75, 3.05) is 31.6 Å². The molecule has 164 valence electrons. The third-order valence-electron chi connectivity index (χ3n) is 4.43. The van der Waals surface area contributed by atoms with Crippen molar-refractivity contribution in [2.45, 2.75) is 45.9 Å². The maximum Gasteiger partial charge on any atom is 0.408 e. The van der Waals surface area contributed by atoms with Gasteiger partial charge in [-0.2, -0.15) is 0 Å². The van der Waals surface area contributed by atoms with E-state index in [2.05, 4.69) is 29.4 Å². The SMILES string of the molecule is CCN(CCNC(=O)C(CCS(C)(=O)=O)NC(=O)OCc1ccccc1)C(C)C. The molecule has 0 fully saturated rings. The van der Waals surface area contributed by atoms with Gasteiger partial charge in [0.2, 0.25) is 5.91 Å². The van der Waals surface area contributed by atoms with Crippen LogP contribution in [-0.4, -0.2) is 69.0 Å². The molecule has 0 saturated heterocycles. The van der Waals surface area contributed by atoms with Crippen LogP contribution >= 0.6 is 0 Å². The predicted molar refractivity (Wildman–Crippen MR) is 113 cm³/mol. The summed E-state index contributed by atoms with van der Waals surface area (Å²) in [5.41, 5.74) is 0.813. The Balaban J connectivity index is 2.61. The van der Waals surface area contributed by atoms with Crippen LogP contribution in [0.2, 0.25) is 0 Å². The molecule has 0 aliphatic rings. The maximum atomic E-state index is 12.5. The van der Waals surface area contributed by atoms with E-state index in [1.807, 2.05) is 37.3 Å². The molecule has 0 radical (unpaired) electrons.